The van der Waals surface area contributed by atoms with Crippen molar-refractivity contribution in [2.45, 2.75) is 51.7 Å². The molecule has 0 radical (unpaired) electrons. The fraction of sp³-hybridized carbons (Fsp3) is 0.769. The molecule has 1 aliphatic carbocycles. The summed E-state index contributed by atoms with van der Waals surface area (Å²) < 4.78 is 5.79. The van der Waals surface area contributed by atoms with Crippen LogP contribution >= 0.6 is 11.3 Å². The van der Waals surface area contributed by atoms with Crippen molar-refractivity contribution in [1.82, 2.24) is 10.3 Å². The fourth-order valence-corrected chi connectivity index (χ4v) is 2.99. The van der Waals surface area contributed by atoms with E-state index in [9.17, 15) is 0 Å². The van der Waals surface area contributed by atoms with Crippen LogP contribution in [0.2, 0.25) is 0 Å². The van der Waals surface area contributed by atoms with E-state index in [1.54, 1.807) is 11.3 Å². The first kappa shape index (κ1) is 13.0. The van der Waals surface area contributed by atoms with Crippen LogP contribution in [0, 0.1) is 0 Å². The predicted molar refractivity (Wildman–Crippen MR) is 71.4 cm³/mol. The van der Waals surface area contributed by atoms with Gasteiger partial charge in [0.1, 0.15) is 0 Å². The standard InChI is InChI=1S/C13H22N2OS/c1-2-13-15-10-12(17-13)9-14-7-8-16-11-5-3-4-6-11/h10-11,14H,2-9H2,1H3. The van der Waals surface area contributed by atoms with Gasteiger partial charge in [-0.15, -0.1) is 11.3 Å². The molecule has 2 rings (SSSR count). The average molecular weight is 254 g/mol. The highest BCUT2D eigenvalue weighted by Crippen LogP contribution is 2.20. The topological polar surface area (TPSA) is 34.2 Å². The Balaban J connectivity index is 1.53. The highest BCUT2D eigenvalue weighted by Gasteiger charge is 2.14. The second kappa shape index (κ2) is 7.09. The van der Waals surface area contributed by atoms with Crippen LogP contribution in [-0.4, -0.2) is 24.2 Å². The second-order valence-electron chi connectivity index (χ2n) is 4.53. The van der Waals surface area contributed by atoms with E-state index >= 15 is 0 Å². The Morgan fingerprint density at radius 3 is 3.00 bits per heavy atom. The lowest BCUT2D eigenvalue weighted by atomic mass is 10.3. The van der Waals surface area contributed by atoms with Gasteiger partial charge in [-0.3, -0.25) is 0 Å². The van der Waals surface area contributed by atoms with Crippen molar-refractivity contribution in [3.63, 3.8) is 0 Å². The number of nitrogens with zero attached hydrogens (tertiary/aromatic N) is 1. The highest BCUT2D eigenvalue weighted by atomic mass is 32.1. The number of hydrogen-bond donors (Lipinski definition) is 1. The molecule has 1 fully saturated rings. The van der Waals surface area contributed by atoms with Crippen LogP contribution < -0.4 is 5.32 Å². The summed E-state index contributed by atoms with van der Waals surface area (Å²) in [7, 11) is 0. The molecule has 17 heavy (non-hydrogen) atoms. The molecule has 0 amide bonds. The predicted octanol–water partition coefficient (Wildman–Crippen LogP) is 2.75. The zero-order valence-electron chi connectivity index (χ0n) is 10.6. The van der Waals surface area contributed by atoms with Crippen molar-refractivity contribution in [3.05, 3.63) is 16.1 Å². The molecule has 96 valence electrons. The molecule has 1 N–H and O–H groups in total. The number of aromatic nitrogens is 1. The summed E-state index contributed by atoms with van der Waals surface area (Å²) in [4.78, 5) is 5.67. The van der Waals surface area contributed by atoms with Gasteiger partial charge in [0.05, 0.1) is 17.7 Å². The minimum atomic E-state index is 0.534. The van der Waals surface area contributed by atoms with E-state index in [1.807, 2.05) is 6.20 Å². The van der Waals surface area contributed by atoms with E-state index in [2.05, 4.69) is 17.2 Å². The Morgan fingerprint density at radius 2 is 2.29 bits per heavy atom. The van der Waals surface area contributed by atoms with Crippen molar-refractivity contribution in [3.8, 4) is 0 Å². The molecule has 0 saturated heterocycles. The molecule has 1 aromatic rings. The van der Waals surface area contributed by atoms with Gasteiger partial charge in [0, 0.05) is 24.2 Å². The van der Waals surface area contributed by atoms with E-state index in [4.69, 9.17) is 4.74 Å². The van der Waals surface area contributed by atoms with E-state index in [-0.39, 0.29) is 0 Å². The minimum absolute atomic E-state index is 0.534. The molecule has 1 heterocycles. The summed E-state index contributed by atoms with van der Waals surface area (Å²) in [5.74, 6) is 0. The molecule has 0 aliphatic heterocycles. The summed E-state index contributed by atoms with van der Waals surface area (Å²) in [6.07, 6.45) is 8.76. The Kier molecular flexibility index (Phi) is 5.42. The molecule has 0 unspecified atom stereocenters. The molecular weight excluding hydrogens is 232 g/mol. The summed E-state index contributed by atoms with van der Waals surface area (Å²) in [6, 6.07) is 0. The van der Waals surface area contributed by atoms with E-state index in [1.165, 1.54) is 35.6 Å². The van der Waals surface area contributed by atoms with Crippen LogP contribution in [0.4, 0.5) is 0 Å². The van der Waals surface area contributed by atoms with Crippen LogP contribution in [0.5, 0.6) is 0 Å². The van der Waals surface area contributed by atoms with E-state index in [0.29, 0.717) is 6.10 Å². The number of hydrogen-bond acceptors (Lipinski definition) is 4. The molecule has 4 heteroatoms. The number of thiazole rings is 1. The van der Waals surface area contributed by atoms with Gasteiger partial charge in [-0.25, -0.2) is 4.98 Å². The maximum Gasteiger partial charge on any atom is 0.0925 e. The van der Waals surface area contributed by atoms with Gasteiger partial charge in [-0.2, -0.15) is 0 Å². The van der Waals surface area contributed by atoms with E-state index < -0.39 is 0 Å². The Morgan fingerprint density at radius 1 is 1.47 bits per heavy atom. The van der Waals surface area contributed by atoms with Crippen molar-refractivity contribution in [2.75, 3.05) is 13.2 Å². The molecule has 1 aliphatic rings. The van der Waals surface area contributed by atoms with Crippen LogP contribution in [0.15, 0.2) is 6.20 Å². The number of aryl methyl sites for hydroxylation is 1. The number of ether oxygens (including phenoxy) is 1. The lowest BCUT2D eigenvalue weighted by Gasteiger charge is -2.10. The third-order valence-corrected chi connectivity index (χ3v) is 4.28. The van der Waals surface area contributed by atoms with Crippen molar-refractivity contribution >= 4 is 11.3 Å². The maximum absolute atomic E-state index is 5.79. The monoisotopic (exact) mass is 254 g/mol. The summed E-state index contributed by atoms with van der Waals surface area (Å²) in [5.41, 5.74) is 0. The Labute approximate surface area is 108 Å². The van der Waals surface area contributed by atoms with Gasteiger partial charge < -0.3 is 10.1 Å². The van der Waals surface area contributed by atoms with Crippen LogP contribution in [0.3, 0.4) is 0 Å². The molecule has 0 spiro atoms. The molecular formula is C13H22N2OS. The summed E-state index contributed by atoms with van der Waals surface area (Å²) in [6.45, 7) is 4.84. The van der Waals surface area contributed by atoms with Gasteiger partial charge in [-0.05, 0) is 19.3 Å². The normalized spacial score (nSPS) is 16.8. The van der Waals surface area contributed by atoms with Crippen molar-refractivity contribution in [2.24, 2.45) is 0 Å². The van der Waals surface area contributed by atoms with Gasteiger partial charge in [-0.1, -0.05) is 19.8 Å². The third kappa shape index (κ3) is 4.37. The third-order valence-electron chi connectivity index (χ3n) is 3.14. The van der Waals surface area contributed by atoms with Crippen LogP contribution in [0.25, 0.3) is 0 Å². The molecule has 0 atom stereocenters. The zero-order valence-corrected chi connectivity index (χ0v) is 11.4. The fourth-order valence-electron chi connectivity index (χ4n) is 2.16. The Bertz CT molecular complexity index is 321. The minimum Gasteiger partial charge on any atom is -0.377 e. The average Bonchev–Trinajstić information content (AvgIpc) is 2.99. The lowest BCUT2D eigenvalue weighted by Crippen LogP contribution is -2.21. The number of rotatable bonds is 7. The Hall–Kier alpha value is -0.450. The van der Waals surface area contributed by atoms with Gasteiger partial charge in [0.15, 0.2) is 0 Å². The first-order chi connectivity index (χ1) is 8.38. The molecule has 0 bridgehead atoms. The largest absolute Gasteiger partial charge is 0.377 e. The molecule has 3 nitrogen and oxygen atoms in total. The van der Waals surface area contributed by atoms with Crippen LogP contribution in [-0.2, 0) is 17.7 Å². The quantitative estimate of drug-likeness (QED) is 0.760. The van der Waals surface area contributed by atoms with Gasteiger partial charge in [0.2, 0.25) is 0 Å². The van der Waals surface area contributed by atoms with E-state index in [0.717, 1.165) is 26.1 Å². The molecule has 1 saturated carbocycles. The maximum atomic E-state index is 5.79. The summed E-state index contributed by atoms with van der Waals surface area (Å²) in [5, 5.41) is 4.63. The van der Waals surface area contributed by atoms with Gasteiger partial charge in [0.25, 0.3) is 0 Å². The number of nitrogens with one attached hydrogen (secondary N) is 1. The van der Waals surface area contributed by atoms with Crippen LogP contribution in [0.1, 0.15) is 42.5 Å². The lowest BCUT2D eigenvalue weighted by molar-refractivity contribution is 0.0603. The SMILES string of the molecule is CCc1ncc(CNCCOC2CCCC2)s1. The van der Waals surface area contributed by atoms with Gasteiger partial charge >= 0.3 is 0 Å². The van der Waals surface area contributed by atoms with Crippen molar-refractivity contribution in [1.29, 1.82) is 0 Å². The second-order valence-corrected chi connectivity index (χ2v) is 5.73. The first-order valence-electron chi connectivity index (χ1n) is 6.64. The molecule has 1 aromatic heterocycles. The first-order valence-corrected chi connectivity index (χ1v) is 7.46. The van der Waals surface area contributed by atoms with Crippen molar-refractivity contribution < 1.29 is 4.74 Å². The highest BCUT2D eigenvalue weighted by molar-refractivity contribution is 7.11. The smallest absolute Gasteiger partial charge is 0.0925 e. The molecule has 0 aromatic carbocycles. The summed E-state index contributed by atoms with van der Waals surface area (Å²) >= 11 is 1.80. The zero-order chi connectivity index (χ0) is 11.9.